The van der Waals surface area contributed by atoms with Crippen LogP contribution in [0.15, 0.2) is 24.5 Å². The van der Waals surface area contributed by atoms with Crippen molar-refractivity contribution in [3.8, 4) is 0 Å². The van der Waals surface area contributed by atoms with Gasteiger partial charge in [0.05, 0.1) is 10.6 Å². The predicted octanol–water partition coefficient (Wildman–Crippen LogP) is 2.49. The third kappa shape index (κ3) is 3.64. The Morgan fingerprint density at radius 1 is 1.12 bits per heavy atom. The number of halogens is 1. The van der Waals surface area contributed by atoms with Crippen LogP contribution in [0.4, 0.5) is 5.95 Å². The summed E-state index contributed by atoms with van der Waals surface area (Å²) in [6, 6.07) is 3.63. The van der Waals surface area contributed by atoms with Crippen molar-refractivity contribution in [2.24, 2.45) is 0 Å². The summed E-state index contributed by atoms with van der Waals surface area (Å²) >= 11 is 6.10. The molecule has 1 saturated heterocycles. The van der Waals surface area contributed by atoms with Gasteiger partial charge >= 0.3 is 0 Å². The number of rotatable bonds is 2. The highest BCUT2D eigenvalue weighted by Crippen LogP contribution is 2.18. The second-order valence-corrected chi connectivity index (χ2v) is 6.35. The molecule has 1 aliphatic heterocycles. The van der Waals surface area contributed by atoms with Crippen molar-refractivity contribution in [1.29, 1.82) is 0 Å². The third-order valence-electron chi connectivity index (χ3n) is 4.04. The van der Waals surface area contributed by atoms with Gasteiger partial charge in [-0.15, -0.1) is 0 Å². The summed E-state index contributed by atoms with van der Waals surface area (Å²) in [5.41, 5.74) is 2.42. The lowest BCUT2D eigenvalue weighted by Crippen LogP contribution is -2.35. The second-order valence-electron chi connectivity index (χ2n) is 5.94. The van der Waals surface area contributed by atoms with Gasteiger partial charge in [0.25, 0.3) is 5.91 Å². The molecule has 0 atom stereocenters. The molecule has 0 radical (unpaired) electrons. The number of anilines is 1. The van der Waals surface area contributed by atoms with E-state index in [0.717, 1.165) is 30.3 Å². The highest BCUT2D eigenvalue weighted by atomic mass is 35.5. The summed E-state index contributed by atoms with van der Waals surface area (Å²) in [6.45, 7) is 6.79. The molecule has 3 heterocycles. The van der Waals surface area contributed by atoms with Crippen LogP contribution in [0.25, 0.3) is 0 Å². The average molecular weight is 346 g/mol. The summed E-state index contributed by atoms with van der Waals surface area (Å²) in [5, 5.41) is 0.390. The first-order chi connectivity index (χ1) is 11.5. The summed E-state index contributed by atoms with van der Waals surface area (Å²) in [6.07, 6.45) is 3.96. The Morgan fingerprint density at radius 2 is 1.88 bits per heavy atom. The summed E-state index contributed by atoms with van der Waals surface area (Å²) in [7, 11) is 0. The second kappa shape index (κ2) is 7.13. The molecular weight excluding hydrogens is 326 g/mol. The Labute approximate surface area is 146 Å². The maximum absolute atomic E-state index is 12.7. The lowest BCUT2D eigenvalue weighted by Gasteiger charge is -2.22. The predicted molar refractivity (Wildman–Crippen MR) is 93.5 cm³/mol. The van der Waals surface area contributed by atoms with Crippen LogP contribution in [-0.2, 0) is 0 Å². The zero-order valence-corrected chi connectivity index (χ0v) is 14.6. The van der Waals surface area contributed by atoms with Gasteiger partial charge in [-0.1, -0.05) is 11.6 Å². The number of hydrogen-bond donors (Lipinski definition) is 0. The van der Waals surface area contributed by atoms with Crippen LogP contribution in [0.3, 0.4) is 0 Å². The molecule has 0 unspecified atom stereocenters. The van der Waals surface area contributed by atoms with Crippen molar-refractivity contribution >= 4 is 23.5 Å². The number of aryl methyl sites for hydroxylation is 2. The first kappa shape index (κ1) is 16.6. The Kier molecular flexibility index (Phi) is 4.94. The molecule has 3 rings (SSSR count). The fraction of sp³-hybridized carbons (Fsp3) is 0.412. The highest BCUT2D eigenvalue weighted by Gasteiger charge is 2.23. The molecule has 7 heteroatoms. The minimum atomic E-state index is -0.0504. The molecule has 0 N–H and O–H groups in total. The van der Waals surface area contributed by atoms with Gasteiger partial charge in [0.1, 0.15) is 0 Å². The Morgan fingerprint density at radius 3 is 2.58 bits per heavy atom. The van der Waals surface area contributed by atoms with Crippen LogP contribution >= 0.6 is 11.6 Å². The molecule has 1 amide bonds. The number of carbonyl (C=O) groups excluding carboxylic acids is 1. The molecule has 24 heavy (non-hydrogen) atoms. The van der Waals surface area contributed by atoms with E-state index in [2.05, 4.69) is 19.9 Å². The van der Waals surface area contributed by atoms with Crippen molar-refractivity contribution in [2.75, 3.05) is 31.1 Å². The van der Waals surface area contributed by atoms with E-state index in [0.29, 0.717) is 30.2 Å². The van der Waals surface area contributed by atoms with E-state index in [1.165, 1.54) is 6.20 Å². The lowest BCUT2D eigenvalue weighted by atomic mass is 10.2. The Bertz CT molecular complexity index is 731. The van der Waals surface area contributed by atoms with Gasteiger partial charge in [0.15, 0.2) is 0 Å². The Hall–Kier alpha value is -2.21. The van der Waals surface area contributed by atoms with Crippen molar-refractivity contribution < 1.29 is 4.79 Å². The van der Waals surface area contributed by atoms with E-state index in [-0.39, 0.29) is 5.91 Å². The topological polar surface area (TPSA) is 62.2 Å². The largest absolute Gasteiger partial charge is 0.339 e. The van der Waals surface area contributed by atoms with Crippen LogP contribution < -0.4 is 4.90 Å². The normalized spacial score (nSPS) is 15.3. The van der Waals surface area contributed by atoms with Crippen LogP contribution in [0.5, 0.6) is 0 Å². The van der Waals surface area contributed by atoms with Crippen molar-refractivity contribution in [3.63, 3.8) is 0 Å². The van der Waals surface area contributed by atoms with Crippen molar-refractivity contribution in [1.82, 2.24) is 19.9 Å². The number of pyridine rings is 1. The Balaban J connectivity index is 1.73. The molecule has 1 fully saturated rings. The number of amides is 1. The van der Waals surface area contributed by atoms with Gasteiger partial charge in [-0.25, -0.2) is 9.97 Å². The first-order valence-electron chi connectivity index (χ1n) is 8.00. The van der Waals surface area contributed by atoms with Crippen LogP contribution in [0, 0.1) is 13.8 Å². The summed E-state index contributed by atoms with van der Waals surface area (Å²) in [5.74, 6) is 0.689. The number of aromatic nitrogens is 3. The number of carbonyl (C=O) groups is 1. The minimum absolute atomic E-state index is 0.0504. The smallest absolute Gasteiger partial charge is 0.255 e. The summed E-state index contributed by atoms with van der Waals surface area (Å²) in [4.78, 5) is 29.6. The zero-order valence-electron chi connectivity index (χ0n) is 13.9. The maximum Gasteiger partial charge on any atom is 0.255 e. The molecule has 2 aromatic heterocycles. The molecular formula is C17H20ClN5O. The van der Waals surface area contributed by atoms with E-state index in [1.807, 2.05) is 24.8 Å². The highest BCUT2D eigenvalue weighted by molar-refractivity contribution is 6.33. The monoisotopic (exact) mass is 345 g/mol. The van der Waals surface area contributed by atoms with Gasteiger partial charge in [0.2, 0.25) is 5.95 Å². The minimum Gasteiger partial charge on any atom is -0.339 e. The number of nitrogens with zero attached hydrogens (tertiary/aromatic N) is 5. The molecule has 0 aliphatic carbocycles. The van der Waals surface area contributed by atoms with Crippen LogP contribution in [0.1, 0.15) is 28.2 Å². The lowest BCUT2D eigenvalue weighted by molar-refractivity contribution is 0.0767. The van der Waals surface area contributed by atoms with E-state index in [4.69, 9.17) is 11.6 Å². The molecule has 6 nitrogen and oxygen atoms in total. The summed E-state index contributed by atoms with van der Waals surface area (Å²) < 4.78 is 0. The van der Waals surface area contributed by atoms with E-state index >= 15 is 0 Å². The van der Waals surface area contributed by atoms with Crippen molar-refractivity contribution in [3.05, 3.63) is 46.5 Å². The molecule has 0 spiro atoms. The molecule has 0 saturated carbocycles. The standard InChI is InChI=1S/C17H20ClN5O/c1-12-10-13(2)21-17(20-12)23-7-3-6-22(8-9-23)16(24)14-4-5-19-11-15(14)18/h4-5,10-11H,3,6-9H2,1-2H3. The van der Waals surface area contributed by atoms with Gasteiger partial charge in [-0.2, -0.15) is 0 Å². The van der Waals surface area contributed by atoms with Crippen molar-refractivity contribution in [2.45, 2.75) is 20.3 Å². The fourth-order valence-corrected chi connectivity index (χ4v) is 3.09. The third-order valence-corrected chi connectivity index (χ3v) is 4.34. The van der Waals surface area contributed by atoms with Gasteiger partial charge in [-0.3, -0.25) is 9.78 Å². The van der Waals surface area contributed by atoms with Gasteiger partial charge < -0.3 is 9.80 Å². The quantitative estimate of drug-likeness (QED) is 0.836. The van der Waals surface area contributed by atoms with E-state index < -0.39 is 0 Å². The van der Waals surface area contributed by atoms with Gasteiger partial charge in [0, 0.05) is 50.0 Å². The van der Waals surface area contributed by atoms with Gasteiger partial charge in [-0.05, 0) is 32.4 Å². The number of hydrogen-bond acceptors (Lipinski definition) is 5. The SMILES string of the molecule is Cc1cc(C)nc(N2CCCN(C(=O)c3ccncc3Cl)CC2)n1. The fourth-order valence-electron chi connectivity index (χ4n) is 2.89. The van der Waals surface area contributed by atoms with E-state index in [9.17, 15) is 4.79 Å². The molecule has 0 aromatic carbocycles. The molecule has 0 bridgehead atoms. The zero-order chi connectivity index (χ0) is 17.1. The molecule has 2 aromatic rings. The molecule has 126 valence electrons. The van der Waals surface area contributed by atoms with E-state index in [1.54, 1.807) is 12.3 Å². The average Bonchev–Trinajstić information content (AvgIpc) is 2.80. The maximum atomic E-state index is 12.7. The molecule has 1 aliphatic rings. The van der Waals surface area contributed by atoms with Crippen LogP contribution in [0.2, 0.25) is 5.02 Å². The van der Waals surface area contributed by atoms with Crippen LogP contribution in [-0.4, -0.2) is 51.9 Å². The first-order valence-corrected chi connectivity index (χ1v) is 8.38.